The molecule has 4 rings (SSSR count). The summed E-state index contributed by atoms with van der Waals surface area (Å²) in [6, 6.07) is 11.0. The van der Waals surface area contributed by atoms with Gasteiger partial charge < -0.3 is 10.3 Å². The second-order valence-electron chi connectivity index (χ2n) is 5.68. The van der Waals surface area contributed by atoms with Crippen molar-refractivity contribution in [2.45, 2.75) is 13.5 Å². The molecule has 0 fully saturated rings. The highest BCUT2D eigenvalue weighted by Gasteiger charge is 2.19. The number of hydrogen-bond acceptors (Lipinski definition) is 5. The number of aryl methyl sites for hydroxylation is 1. The molecule has 0 aliphatic carbocycles. The maximum absolute atomic E-state index is 12.4. The zero-order valence-corrected chi connectivity index (χ0v) is 13.4. The van der Waals surface area contributed by atoms with Crippen LogP contribution in [0, 0.1) is 6.92 Å². The highest BCUT2D eigenvalue weighted by Crippen LogP contribution is 2.14. The molecule has 25 heavy (non-hydrogen) atoms. The van der Waals surface area contributed by atoms with Crippen LogP contribution in [-0.2, 0) is 6.54 Å². The number of nitrogens with zero attached hydrogens (tertiary/aromatic N) is 4. The lowest BCUT2D eigenvalue weighted by Crippen LogP contribution is -2.25. The highest BCUT2D eigenvalue weighted by molar-refractivity contribution is 5.99. The fourth-order valence-corrected chi connectivity index (χ4v) is 2.68. The van der Waals surface area contributed by atoms with E-state index in [1.165, 1.54) is 4.52 Å². The molecule has 2 N–H and O–H groups in total. The number of carbonyl (C=O) groups excluding carboxylic acids is 1. The standard InChI is InChI=1S/C17H14N6O2/c1-10-5-6-13-12(8-10)20-17(25)15-14(21-22-23(13)15)16(24)19-9-11-4-2-3-7-18-11/h2-8H,9H2,1H3,(H,19,24)(H,20,25). The number of H-pyrrole nitrogens is 1. The lowest BCUT2D eigenvalue weighted by atomic mass is 10.2. The van der Waals surface area contributed by atoms with E-state index in [1.54, 1.807) is 18.3 Å². The molecule has 1 amide bonds. The van der Waals surface area contributed by atoms with Gasteiger partial charge >= 0.3 is 0 Å². The van der Waals surface area contributed by atoms with Gasteiger partial charge in [0.2, 0.25) is 0 Å². The van der Waals surface area contributed by atoms with Gasteiger partial charge in [-0.3, -0.25) is 14.6 Å². The number of aromatic nitrogens is 5. The Bertz CT molecular complexity index is 1150. The Morgan fingerprint density at radius 1 is 1.28 bits per heavy atom. The van der Waals surface area contributed by atoms with Gasteiger partial charge in [-0.2, -0.15) is 0 Å². The zero-order valence-electron chi connectivity index (χ0n) is 13.4. The summed E-state index contributed by atoms with van der Waals surface area (Å²) >= 11 is 0. The monoisotopic (exact) mass is 334 g/mol. The number of rotatable bonds is 3. The number of aromatic amines is 1. The van der Waals surface area contributed by atoms with Crippen LogP contribution in [0.25, 0.3) is 16.6 Å². The SMILES string of the molecule is Cc1ccc2c(c1)[nH]c(=O)c1c(C(=O)NCc3ccccn3)nnn12. The highest BCUT2D eigenvalue weighted by atomic mass is 16.2. The van der Waals surface area contributed by atoms with Crippen LogP contribution in [0.1, 0.15) is 21.7 Å². The summed E-state index contributed by atoms with van der Waals surface area (Å²) in [7, 11) is 0. The van der Waals surface area contributed by atoms with Gasteiger partial charge in [-0.15, -0.1) is 5.10 Å². The number of amides is 1. The van der Waals surface area contributed by atoms with Crippen molar-refractivity contribution >= 4 is 22.5 Å². The van der Waals surface area contributed by atoms with Gasteiger partial charge in [0.25, 0.3) is 11.5 Å². The van der Waals surface area contributed by atoms with Crippen molar-refractivity contribution in [3.63, 3.8) is 0 Å². The normalized spacial score (nSPS) is 11.1. The molecule has 3 heterocycles. The second kappa shape index (κ2) is 5.82. The molecule has 0 saturated carbocycles. The van der Waals surface area contributed by atoms with Crippen LogP contribution in [0.5, 0.6) is 0 Å². The van der Waals surface area contributed by atoms with Crippen LogP contribution in [0.2, 0.25) is 0 Å². The molecule has 0 bridgehead atoms. The van der Waals surface area contributed by atoms with E-state index in [9.17, 15) is 9.59 Å². The lowest BCUT2D eigenvalue weighted by molar-refractivity contribution is 0.0947. The van der Waals surface area contributed by atoms with Gasteiger partial charge in [0.1, 0.15) is 0 Å². The van der Waals surface area contributed by atoms with E-state index in [1.807, 2.05) is 31.2 Å². The van der Waals surface area contributed by atoms with Gasteiger partial charge in [0.15, 0.2) is 11.2 Å². The number of nitrogens with one attached hydrogen (secondary N) is 2. The average Bonchev–Trinajstić information content (AvgIpc) is 3.06. The van der Waals surface area contributed by atoms with Gasteiger partial charge in [-0.05, 0) is 36.8 Å². The number of hydrogen-bond donors (Lipinski definition) is 2. The van der Waals surface area contributed by atoms with Crippen molar-refractivity contribution < 1.29 is 4.79 Å². The molecule has 4 aromatic rings. The van der Waals surface area contributed by atoms with Crippen molar-refractivity contribution in [2.75, 3.05) is 0 Å². The summed E-state index contributed by atoms with van der Waals surface area (Å²) in [6.45, 7) is 2.17. The topological polar surface area (TPSA) is 105 Å². The van der Waals surface area contributed by atoms with Crippen LogP contribution in [0.15, 0.2) is 47.4 Å². The fourth-order valence-electron chi connectivity index (χ4n) is 2.68. The first-order valence-corrected chi connectivity index (χ1v) is 7.69. The van der Waals surface area contributed by atoms with Crippen LogP contribution in [-0.4, -0.2) is 30.7 Å². The zero-order chi connectivity index (χ0) is 17.4. The fraction of sp³-hybridized carbons (Fsp3) is 0.118. The molecule has 0 aliphatic heterocycles. The molecule has 8 nitrogen and oxygen atoms in total. The molecule has 0 saturated heterocycles. The minimum absolute atomic E-state index is 0.0142. The van der Waals surface area contributed by atoms with Crippen molar-refractivity contribution in [3.8, 4) is 0 Å². The van der Waals surface area contributed by atoms with Crippen molar-refractivity contribution in [1.29, 1.82) is 0 Å². The minimum Gasteiger partial charge on any atom is -0.345 e. The Morgan fingerprint density at radius 3 is 2.96 bits per heavy atom. The minimum atomic E-state index is -0.474. The molecule has 8 heteroatoms. The number of fused-ring (bicyclic) bond motifs is 3. The number of pyridine rings is 1. The predicted molar refractivity (Wildman–Crippen MR) is 91.3 cm³/mol. The van der Waals surface area contributed by atoms with E-state index < -0.39 is 11.5 Å². The first-order valence-electron chi connectivity index (χ1n) is 7.69. The molecular weight excluding hydrogens is 320 g/mol. The van der Waals surface area contributed by atoms with Gasteiger partial charge in [-0.25, -0.2) is 4.52 Å². The first-order chi connectivity index (χ1) is 12.1. The average molecular weight is 334 g/mol. The Kier molecular flexibility index (Phi) is 3.50. The van der Waals surface area contributed by atoms with E-state index in [4.69, 9.17) is 0 Å². The largest absolute Gasteiger partial charge is 0.345 e. The van der Waals surface area contributed by atoms with Gasteiger partial charge in [-0.1, -0.05) is 17.3 Å². The molecule has 124 valence electrons. The summed E-state index contributed by atoms with van der Waals surface area (Å²) < 4.78 is 1.39. The second-order valence-corrected chi connectivity index (χ2v) is 5.68. The lowest BCUT2D eigenvalue weighted by Gasteiger charge is -2.04. The van der Waals surface area contributed by atoms with Crippen molar-refractivity contribution in [1.82, 2.24) is 30.1 Å². The number of benzene rings is 1. The molecule has 0 unspecified atom stereocenters. The molecule has 0 atom stereocenters. The summed E-state index contributed by atoms with van der Waals surface area (Å²) in [5.74, 6) is -0.474. The molecule has 0 aliphatic rings. The summed E-state index contributed by atoms with van der Waals surface area (Å²) in [6.07, 6.45) is 1.65. The Morgan fingerprint density at radius 2 is 2.16 bits per heavy atom. The van der Waals surface area contributed by atoms with Gasteiger partial charge in [0.05, 0.1) is 23.3 Å². The third-order valence-corrected chi connectivity index (χ3v) is 3.89. The maximum atomic E-state index is 12.4. The van der Waals surface area contributed by atoms with Crippen LogP contribution < -0.4 is 10.9 Å². The Hall–Kier alpha value is -3.55. The smallest absolute Gasteiger partial charge is 0.277 e. The molecule has 1 aromatic carbocycles. The van der Waals surface area contributed by atoms with Crippen LogP contribution in [0.4, 0.5) is 0 Å². The molecule has 0 radical (unpaired) electrons. The van der Waals surface area contributed by atoms with E-state index >= 15 is 0 Å². The quantitative estimate of drug-likeness (QED) is 0.586. The van der Waals surface area contributed by atoms with E-state index in [0.717, 1.165) is 5.56 Å². The van der Waals surface area contributed by atoms with Crippen LogP contribution in [0.3, 0.4) is 0 Å². The molecule has 3 aromatic heterocycles. The predicted octanol–water partition coefficient (Wildman–Crippen LogP) is 1.20. The van der Waals surface area contributed by atoms with Crippen molar-refractivity contribution in [2.24, 2.45) is 0 Å². The summed E-state index contributed by atoms with van der Waals surface area (Å²) in [5.41, 5.74) is 2.73. The maximum Gasteiger partial charge on any atom is 0.277 e. The number of carbonyl (C=O) groups is 1. The third kappa shape index (κ3) is 2.63. The van der Waals surface area contributed by atoms with E-state index in [2.05, 4.69) is 25.6 Å². The Balaban J connectivity index is 1.74. The summed E-state index contributed by atoms with van der Waals surface area (Å²) in [4.78, 5) is 31.8. The van der Waals surface area contributed by atoms with E-state index in [-0.39, 0.29) is 17.8 Å². The van der Waals surface area contributed by atoms with E-state index in [0.29, 0.717) is 16.7 Å². The van der Waals surface area contributed by atoms with Crippen LogP contribution >= 0.6 is 0 Å². The molecular formula is C17H14N6O2. The van der Waals surface area contributed by atoms with Gasteiger partial charge in [0, 0.05) is 6.20 Å². The third-order valence-electron chi connectivity index (χ3n) is 3.89. The first kappa shape index (κ1) is 15.0. The summed E-state index contributed by atoms with van der Waals surface area (Å²) in [5, 5.41) is 10.6. The van der Waals surface area contributed by atoms with Crippen molar-refractivity contribution in [3.05, 3.63) is 69.9 Å². The molecule has 0 spiro atoms. The Labute approximate surface area is 141 Å².